The van der Waals surface area contributed by atoms with Crippen molar-refractivity contribution in [2.75, 3.05) is 7.11 Å². The molecule has 2 atom stereocenters. The summed E-state index contributed by atoms with van der Waals surface area (Å²) in [6, 6.07) is 4.88. The monoisotopic (exact) mass is 316 g/mol. The minimum atomic E-state index is -0.829. The highest BCUT2D eigenvalue weighted by atomic mass is 79.9. The first kappa shape index (κ1) is 14.0. The van der Waals surface area contributed by atoms with Crippen LogP contribution in [-0.4, -0.2) is 23.9 Å². The first-order valence-electron chi connectivity index (χ1n) is 6.24. The van der Waals surface area contributed by atoms with Crippen LogP contribution in [0.5, 0.6) is 0 Å². The molecule has 2 nitrogen and oxygen atoms in total. The third kappa shape index (κ3) is 2.92. The highest BCUT2D eigenvalue weighted by Crippen LogP contribution is 2.34. The lowest BCUT2D eigenvalue weighted by Gasteiger charge is -2.39. The van der Waals surface area contributed by atoms with Gasteiger partial charge in [0.2, 0.25) is 0 Å². The fourth-order valence-electron chi connectivity index (χ4n) is 2.73. The molecule has 0 heterocycles. The van der Waals surface area contributed by atoms with Gasteiger partial charge in [-0.2, -0.15) is 0 Å². The Morgan fingerprint density at radius 1 is 1.50 bits per heavy atom. The van der Waals surface area contributed by atoms with Gasteiger partial charge in [-0.15, -0.1) is 0 Å². The van der Waals surface area contributed by atoms with E-state index in [1.165, 1.54) is 6.07 Å². The largest absolute Gasteiger partial charge is 0.387 e. The summed E-state index contributed by atoms with van der Waals surface area (Å²) >= 11 is 3.17. The molecular formula is C14H18BrFO2. The van der Waals surface area contributed by atoms with Gasteiger partial charge in [-0.05, 0) is 46.5 Å². The Morgan fingerprint density at radius 3 is 2.94 bits per heavy atom. The molecule has 1 aliphatic carbocycles. The first-order valence-corrected chi connectivity index (χ1v) is 7.03. The lowest BCUT2D eigenvalue weighted by atomic mass is 9.78. The average Bonchev–Trinajstić information content (AvgIpc) is 2.34. The summed E-state index contributed by atoms with van der Waals surface area (Å²) in [5.74, 6) is -0.280. The molecule has 0 aliphatic heterocycles. The highest BCUT2D eigenvalue weighted by molar-refractivity contribution is 9.10. The van der Waals surface area contributed by atoms with Crippen LogP contribution in [0.3, 0.4) is 0 Å². The minimum Gasteiger partial charge on any atom is -0.387 e. The maximum atomic E-state index is 13.2. The summed E-state index contributed by atoms with van der Waals surface area (Å²) in [7, 11) is 1.64. The van der Waals surface area contributed by atoms with Crippen molar-refractivity contribution in [2.45, 2.75) is 43.8 Å². The van der Waals surface area contributed by atoms with Gasteiger partial charge in [-0.25, -0.2) is 4.39 Å². The molecule has 0 bridgehead atoms. The zero-order valence-corrected chi connectivity index (χ0v) is 12.0. The SMILES string of the molecule is COC1CCCCC1(O)Cc1ccc(F)c(Br)c1. The van der Waals surface area contributed by atoms with E-state index >= 15 is 0 Å². The van der Waals surface area contributed by atoms with Crippen molar-refractivity contribution < 1.29 is 14.2 Å². The fraction of sp³-hybridized carbons (Fsp3) is 0.571. The molecule has 0 aromatic heterocycles. The number of hydrogen-bond acceptors (Lipinski definition) is 2. The molecule has 1 aliphatic rings. The standard InChI is InChI=1S/C14H18BrFO2/c1-18-13-4-2-3-7-14(13,17)9-10-5-6-12(16)11(15)8-10/h5-6,8,13,17H,2-4,7,9H2,1H3. The molecule has 1 aromatic carbocycles. The predicted molar refractivity (Wildman–Crippen MR) is 72.0 cm³/mol. The molecular weight excluding hydrogens is 299 g/mol. The van der Waals surface area contributed by atoms with Gasteiger partial charge in [0.1, 0.15) is 5.82 Å². The maximum absolute atomic E-state index is 13.2. The van der Waals surface area contributed by atoms with E-state index in [9.17, 15) is 9.50 Å². The van der Waals surface area contributed by atoms with Gasteiger partial charge in [-0.1, -0.05) is 18.9 Å². The van der Waals surface area contributed by atoms with Crippen molar-refractivity contribution in [3.63, 3.8) is 0 Å². The van der Waals surface area contributed by atoms with Crippen LogP contribution < -0.4 is 0 Å². The van der Waals surface area contributed by atoms with Crippen LogP contribution in [0.25, 0.3) is 0 Å². The van der Waals surface area contributed by atoms with Crippen LogP contribution in [0.2, 0.25) is 0 Å². The maximum Gasteiger partial charge on any atom is 0.137 e. The van der Waals surface area contributed by atoms with Crippen LogP contribution in [-0.2, 0) is 11.2 Å². The lowest BCUT2D eigenvalue weighted by Crippen LogP contribution is -2.47. The third-order valence-electron chi connectivity index (χ3n) is 3.70. The second-order valence-electron chi connectivity index (χ2n) is 5.00. The van der Waals surface area contributed by atoms with Gasteiger partial charge >= 0.3 is 0 Å². The third-order valence-corrected chi connectivity index (χ3v) is 4.31. The zero-order chi connectivity index (χ0) is 13.2. The number of aliphatic hydroxyl groups is 1. The molecule has 100 valence electrons. The van der Waals surface area contributed by atoms with E-state index in [4.69, 9.17) is 4.74 Å². The molecule has 1 N–H and O–H groups in total. The zero-order valence-electron chi connectivity index (χ0n) is 10.5. The molecule has 1 fully saturated rings. The van der Waals surface area contributed by atoms with Crippen molar-refractivity contribution in [3.05, 3.63) is 34.1 Å². The number of halogens is 2. The molecule has 2 rings (SSSR count). The Hall–Kier alpha value is -0.450. The highest BCUT2D eigenvalue weighted by Gasteiger charge is 2.39. The first-order chi connectivity index (χ1) is 8.55. The van der Waals surface area contributed by atoms with Crippen LogP contribution in [0, 0.1) is 5.82 Å². The Kier molecular flexibility index (Phi) is 4.41. The van der Waals surface area contributed by atoms with Crippen molar-refractivity contribution in [2.24, 2.45) is 0 Å². The van der Waals surface area contributed by atoms with Crippen LogP contribution in [0.4, 0.5) is 4.39 Å². The number of methoxy groups -OCH3 is 1. The quantitative estimate of drug-likeness (QED) is 0.925. The summed E-state index contributed by atoms with van der Waals surface area (Å²) < 4.78 is 19.0. The summed E-state index contributed by atoms with van der Waals surface area (Å²) in [4.78, 5) is 0. The van der Waals surface area contributed by atoms with E-state index in [2.05, 4.69) is 15.9 Å². The Labute approximate surface area is 115 Å². The second kappa shape index (κ2) is 5.68. The smallest absolute Gasteiger partial charge is 0.137 e. The second-order valence-corrected chi connectivity index (χ2v) is 5.85. The molecule has 18 heavy (non-hydrogen) atoms. The minimum absolute atomic E-state index is 0.130. The van der Waals surface area contributed by atoms with Crippen molar-refractivity contribution in [3.8, 4) is 0 Å². The molecule has 0 spiro atoms. The molecule has 0 radical (unpaired) electrons. The van der Waals surface area contributed by atoms with Crippen LogP contribution in [0.1, 0.15) is 31.2 Å². The summed E-state index contributed by atoms with van der Waals surface area (Å²) in [5, 5.41) is 10.7. The summed E-state index contributed by atoms with van der Waals surface area (Å²) in [6.07, 6.45) is 4.10. The lowest BCUT2D eigenvalue weighted by molar-refractivity contribution is -0.116. The Morgan fingerprint density at radius 2 is 2.28 bits per heavy atom. The van der Waals surface area contributed by atoms with E-state index in [0.717, 1.165) is 31.2 Å². The number of rotatable bonds is 3. The van der Waals surface area contributed by atoms with Crippen LogP contribution >= 0.6 is 15.9 Å². The molecule has 0 amide bonds. The van der Waals surface area contributed by atoms with Crippen LogP contribution in [0.15, 0.2) is 22.7 Å². The predicted octanol–water partition coefficient (Wildman–Crippen LogP) is 3.45. The van der Waals surface area contributed by atoms with Crippen molar-refractivity contribution >= 4 is 15.9 Å². The molecule has 1 saturated carbocycles. The normalized spacial score (nSPS) is 28.3. The van der Waals surface area contributed by atoms with Gasteiger partial charge < -0.3 is 9.84 Å². The molecule has 4 heteroatoms. The number of hydrogen-bond donors (Lipinski definition) is 1. The van der Waals surface area contributed by atoms with Gasteiger partial charge in [0, 0.05) is 13.5 Å². The van der Waals surface area contributed by atoms with Gasteiger partial charge in [0.05, 0.1) is 16.2 Å². The molecule has 2 unspecified atom stereocenters. The van der Waals surface area contributed by atoms with Gasteiger partial charge in [0.15, 0.2) is 0 Å². The van der Waals surface area contributed by atoms with Crippen molar-refractivity contribution in [1.82, 2.24) is 0 Å². The van der Waals surface area contributed by atoms with E-state index in [1.807, 2.05) is 0 Å². The van der Waals surface area contributed by atoms with E-state index in [0.29, 0.717) is 10.9 Å². The van der Waals surface area contributed by atoms with E-state index in [-0.39, 0.29) is 11.9 Å². The summed E-state index contributed by atoms with van der Waals surface area (Å²) in [6.45, 7) is 0. The van der Waals surface area contributed by atoms with E-state index in [1.54, 1.807) is 19.2 Å². The number of ether oxygens (including phenoxy) is 1. The van der Waals surface area contributed by atoms with Crippen molar-refractivity contribution in [1.29, 1.82) is 0 Å². The number of benzene rings is 1. The van der Waals surface area contributed by atoms with Gasteiger partial charge in [0.25, 0.3) is 0 Å². The molecule has 1 aromatic rings. The topological polar surface area (TPSA) is 29.5 Å². The Bertz CT molecular complexity index is 424. The summed E-state index contributed by atoms with van der Waals surface area (Å²) in [5.41, 5.74) is 0.0966. The molecule has 0 saturated heterocycles. The van der Waals surface area contributed by atoms with E-state index < -0.39 is 5.60 Å². The van der Waals surface area contributed by atoms with Gasteiger partial charge in [-0.3, -0.25) is 0 Å². The average molecular weight is 317 g/mol. The fourth-order valence-corrected chi connectivity index (χ4v) is 3.16. The Balaban J connectivity index is 2.17.